The zero-order valence-corrected chi connectivity index (χ0v) is 20.9. The highest BCUT2D eigenvalue weighted by atomic mass is 19.4. The van der Waals surface area contributed by atoms with E-state index in [9.17, 15) is 22.4 Å². The highest BCUT2D eigenvalue weighted by Crippen LogP contribution is 2.40. The van der Waals surface area contributed by atoms with Crippen molar-refractivity contribution in [2.24, 2.45) is 5.92 Å². The van der Waals surface area contributed by atoms with E-state index < -0.39 is 17.7 Å². The van der Waals surface area contributed by atoms with Crippen molar-refractivity contribution in [3.05, 3.63) is 65.0 Å². The molecule has 0 saturated carbocycles. The number of alkyl halides is 3. The average molecular weight is 519 g/mol. The summed E-state index contributed by atoms with van der Waals surface area (Å²) in [4.78, 5) is 20.2. The normalized spacial score (nSPS) is 22.9. The highest BCUT2D eigenvalue weighted by molar-refractivity contribution is 5.82. The first-order valence-corrected chi connectivity index (χ1v) is 13.2. The molecule has 2 aromatic rings. The van der Waals surface area contributed by atoms with Crippen LogP contribution in [-0.4, -0.2) is 67.6 Å². The number of benzene rings is 2. The Balaban J connectivity index is 1.33. The molecule has 1 amide bonds. The molecule has 9 heteroatoms. The van der Waals surface area contributed by atoms with Crippen LogP contribution in [0.15, 0.2) is 42.5 Å². The van der Waals surface area contributed by atoms with Crippen LogP contribution in [0, 0.1) is 11.7 Å². The molecule has 2 saturated heterocycles. The first-order chi connectivity index (χ1) is 17.8. The standard InChI is InChI=1S/C28H34F4N4O/c29-23-7-4-20(5-8-23)18-35-14-15-36-25-9-6-22(28(30,31)32)16-21(25)17-24(26(36)19-35)27(37)33-10-13-34-11-2-1-3-12-34/h4-9,16,24,26H,1-3,10-15,17-19H2,(H,33,37). The van der Waals surface area contributed by atoms with Crippen molar-refractivity contribution in [2.45, 2.75) is 44.4 Å². The number of piperidine rings is 1. The molecule has 5 rings (SSSR count). The Morgan fingerprint density at radius 1 is 0.946 bits per heavy atom. The Hall–Kier alpha value is -2.65. The molecule has 0 radical (unpaired) electrons. The summed E-state index contributed by atoms with van der Waals surface area (Å²) >= 11 is 0. The van der Waals surface area contributed by atoms with Gasteiger partial charge in [0.2, 0.25) is 5.91 Å². The van der Waals surface area contributed by atoms with Crippen LogP contribution in [0.1, 0.15) is 36.0 Å². The Morgan fingerprint density at radius 3 is 2.43 bits per heavy atom. The Kier molecular flexibility index (Phi) is 7.72. The number of nitrogens with zero attached hydrogens (tertiary/aromatic N) is 3. The number of rotatable bonds is 6. The smallest absolute Gasteiger partial charge is 0.365 e. The molecule has 0 spiro atoms. The van der Waals surface area contributed by atoms with Gasteiger partial charge in [0.25, 0.3) is 0 Å². The summed E-state index contributed by atoms with van der Waals surface area (Å²) in [6.07, 6.45) is -0.548. The van der Waals surface area contributed by atoms with Crippen LogP contribution in [0.3, 0.4) is 0 Å². The molecule has 2 fully saturated rings. The van der Waals surface area contributed by atoms with Crippen LogP contribution in [-0.2, 0) is 23.9 Å². The van der Waals surface area contributed by atoms with Crippen molar-refractivity contribution in [2.75, 3.05) is 50.7 Å². The minimum absolute atomic E-state index is 0.0984. The Morgan fingerprint density at radius 2 is 1.70 bits per heavy atom. The third kappa shape index (κ3) is 6.09. The number of amides is 1. The number of fused-ring (bicyclic) bond motifs is 3. The molecule has 0 aliphatic carbocycles. The largest absolute Gasteiger partial charge is 0.416 e. The first kappa shape index (κ1) is 26.0. The third-order valence-electron chi connectivity index (χ3n) is 7.96. The van der Waals surface area contributed by atoms with Crippen LogP contribution >= 0.6 is 0 Å². The average Bonchev–Trinajstić information content (AvgIpc) is 2.89. The molecule has 37 heavy (non-hydrogen) atoms. The summed E-state index contributed by atoms with van der Waals surface area (Å²) in [7, 11) is 0. The van der Waals surface area contributed by atoms with Gasteiger partial charge in [-0.2, -0.15) is 13.2 Å². The van der Waals surface area contributed by atoms with E-state index in [1.807, 2.05) is 0 Å². The third-order valence-corrected chi connectivity index (χ3v) is 7.96. The molecular weight excluding hydrogens is 484 g/mol. The van der Waals surface area contributed by atoms with E-state index >= 15 is 0 Å². The molecule has 3 heterocycles. The van der Waals surface area contributed by atoms with Crippen LogP contribution < -0.4 is 10.2 Å². The van der Waals surface area contributed by atoms with Gasteiger partial charge < -0.3 is 15.1 Å². The lowest BCUT2D eigenvalue weighted by atomic mass is 9.82. The lowest BCUT2D eigenvalue weighted by Crippen LogP contribution is -2.61. The van der Waals surface area contributed by atoms with Gasteiger partial charge in [-0.1, -0.05) is 18.6 Å². The fraction of sp³-hybridized carbons (Fsp3) is 0.536. The van der Waals surface area contributed by atoms with Gasteiger partial charge >= 0.3 is 6.18 Å². The number of carbonyl (C=O) groups excluding carboxylic acids is 1. The molecule has 2 aromatic carbocycles. The Bertz CT molecular complexity index is 1080. The maximum absolute atomic E-state index is 13.5. The predicted molar refractivity (Wildman–Crippen MR) is 135 cm³/mol. The maximum atomic E-state index is 13.5. The molecule has 0 bridgehead atoms. The second-order valence-electron chi connectivity index (χ2n) is 10.5. The lowest BCUT2D eigenvalue weighted by molar-refractivity contribution is -0.137. The summed E-state index contributed by atoms with van der Waals surface area (Å²) in [5.74, 6) is -0.830. The number of hydrogen-bond donors (Lipinski definition) is 1. The lowest BCUT2D eigenvalue weighted by Gasteiger charge is -2.49. The van der Waals surface area contributed by atoms with Crippen molar-refractivity contribution in [3.63, 3.8) is 0 Å². The Labute approximate surface area is 215 Å². The number of nitrogens with one attached hydrogen (secondary N) is 1. The van der Waals surface area contributed by atoms with Crippen LogP contribution in [0.4, 0.5) is 23.2 Å². The second kappa shape index (κ2) is 11.0. The SMILES string of the molecule is O=C(NCCN1CCCCC1)C1Cc2cc(C(F)(F)F)ccc2N2CCN(Cc3ccc(F)cc3)CC12. The van der Waals surface area contributed by atoms with Gasteiger partial charge in [-0.25, -0.2) is 4.39 Å². The van der Waals surface area contributed by atoms with Gasteiger partial charge in [-0.3, -0.25) is 9.69 Å². The monoisotopic (exact) mass is 518 g/mol. The molecule has 2 unspecified atom stereocenters. The van der Waals surface area contributed by atoms with Gasteiger partial charge in [0, 0.05) is 45.0 Å². The minimum Gasteiger partial charge on any atom is -0.365 e. The predicted octanol–water partition coefficient (Wildman–Crippen LogP) is 4.31. The van der Waals surface area contributed by atoms with Gasteiger partial charge in [-0.05, 0) is 73.8 Å². The molecule has 3 aliphatic heterocycles. The van der Waals surface area contributed by atoms with Gasteiger partial charge in [0.05, 0.1) is 17.5 Å². The number of piperazine rings is 1. The van der Waals surface area contributed by atoms with Gasteiger partial charge in [-0.15, -0.1) is 0 Å². The molecule has 200 valence electrons. The quantitative estimate of drug-likeness (QED) is 0.579. The number of hydrogen-bond acceptors (Lipinski definition) is 4. The van der Waals surface area contributed by atoms with E-state index in [1.54, 1.807) is 18.2 Å². The summed E-state index contributed by atoms with van der Waals surface area (Å²) in [6, 6.07) is 10.2. The second-order valence-corrected chi connectivity index (χ2v) is 10.5. The van der Waals surface area contributed by atoms with Crippen molar-refractivity contribution in [3.8, 4) is 0 Å². The summed E-state index contributed by atoms with van der Waals surface area (Å²) < 4.78 is 53.7. The minimum atomic E-state index is -4.42. The van der Waals surface area contributed by atoms with E-state index in [4.69, 9.17) is 0 Å². The fourth-order valence-corrected chi connectivity index (χ4v) is 6.00. The number of carbonyl (C=O) groups is 1. The van der Waals surface area contributed by atoms with Crippen molar-refractivity contribution >= 4 is 11.6 Å². The van der Waals surface area contributed by atoms with Gasteiger partial charge in [0.15, 0.2) is 0 Å². The van der Waals surface area contributed by atoms with E-state index in [0.717, 1.165) is 37.0 Å². The molecule has 2 atom stereocenters. The number of anilines is 1. The summed E-state index contributed by atoms with van der Waals surface area (Å²) in [6.45, 7) is 5.98. The topological polar surface area (TPSA) is 38.8 Å². The van der Waals surface area contributed by atoms with E-state index in [0.29, 0.717) is 38.3 Å². The van der Waals surface area contributed by atoms with Crippen molar-refractivity contribution in [1.82, 2.24) is 15.1 Å². The summed E-state index contributed by atoms with van der Waals surface area (Å²) in [5.41, 5.74) is 1.68. The zero-order chi connectivity index (χ0) is 26.0. The molecular formula is C28H34F4N4O. The summed E-state index contributed by atoms with van der Waals surface area (Å²) in [5, 5.41) is 3.09. The first-order valence-electron chi connectivity index (χ1n) is 13.2. The van der Waals surface area contributed by atoms with Gasteiger partial charge in [0.1, 0.15) is 5.82 Å². The molecule has 3 aliphatic rings. The van der Waals surface area contributed by atoms with Crippen LogP contribution in [0.25, 0.3) is 0 Å². The van der Waals surface area contributed by atoms with E-state index in [-0.39, 0.29) is 24.2 Å². The van der Waals surface area contributed by atoms with Crippen molar-refractivity contribution in [1.29, 1.82) is 0 Å². The van der Waals surface area contributed by atoms with Crippen LogP contribution in [0.2, 0.25) is 0 Å². The fourth-order valence-electron chi connectivity index (χ4n) is 6.00. The molecule has 0 aromatic heterocycles. The number of halogens is 4. The molecule has 1 N–H and O–H groups in total. The number of likely N-dealkylation sites (tertiary alicyclic amines) is 1. The van der Waals surface area contributed by atoms with Crippen LogP contribution in [0.5, 0.6) is 0 Å². The zero-order valence-electron chi connectivity index (χ0n) is 20.9. The maximum Gasteiger partial charge on any atom is 0.416 e. The van der Waals surface area contributed by atoms with E-state index in [2.05, 4.69) is 20.0 Å². The van der Waals surface area contributed by atoms with Crippen molar-refractivity contribution < 1.29 is 22.4 Å². The van der Waals surface area contributed by atoms with E-state index in [1.165, 1.54) is 37.5 Å². The highest BCUT2D eigenvalue weighted by Gasteiger charge is 2.42. The molecule has 5 nitrogen and oxygen atoms in total.